The van der Waals surface area contributed by atoms with Crippen molar-refractivity contribution in [2.24, 2.45) is 0 Å². The number of rotatable bonds is 3. The molecule has 0 radical (unpaired) electrons. The largest absolute Gasteiger partial charge is 0.440 e. The van der Waals surface area contributed by atoms with Crippen molar-refractivity contribution < 1.29 is 13.7 Å². The van der Waals surface area contributed by atoms with Crippen LogP contribution in [0.1, 0.15) is 22.0 Å². The zero-order chi connectivity index (χ0) is 12.4. The second-order valence-corrected chi connectivity index (χ2v) is 4.07. The van der Waals surface area contributed by atoms with Crippen molar-refractivity contribution in [2.75, 3.05) is 7.05 Å². The molecule has 0 spiro atoms. The molecule has 0 aromatic carbocycles. The van der Waals surface area contributed by atoms with E-state index in [1.807, 2.05) is 0 Å². The number of hydrogen-bond acceptors (Lipinski definition) is 4. The first-order chi connectivity index (χ1) is 8.06. The molecule has 0 N–H and O–H groups in total. The van der Waals surface area contributed by atoms with Gasteiger partial charge >= 0.3 is 0 Å². The lowest BCUT2D eigenvalue weighted by atomic mass is 10.3. The van der Waals surface area contributed by atoms with Crippen LogP contribution in [0.25, 0.3) is 0 Å². The molecule has 0 saturated heterocycles. The van der Waals surface area contributed by atoms with Crippen molar-refractivity contribution in [3.63, 3.8) is 0 Å². The third-order valence-corrected chi connectivity index (χ3v) is 2.41. The number of aryl methyl sites for hydroxylation is 1. The van der Waals surface area contributed by atoms with Gasteiger partial charge in [0.05, 0.1) is 6.54 Å². The van der Waals surface area contributed by atoms with E-state index < -0.39 is 0 Å². The average molecular weight is 255 g/mol. The zero-order valence-corrected chi connectivity index (χ0v) is 10.2. The van der Waals surface area contributed by atoms with Gasteiger partial charge < -0.3 is 13.8 Å². The number of carbonyl (C=O) groups is 1. The number of furan rings is 1. The maximum absolute atomic E-state index is 11.9. The van der Waals surface area contributed by atoms with Gasteiger partial charge in [-0.2, -0.15) is 0 Å². The van der Waals surface area contributed by atoms with Crippen LogP contribution in [0.15, 0.2) is 27.1 Å². The fraction of sp³-hybridized carbons (Fsp3) is 0.273. The Bertz CT molecular complexity index is 532. The van der Waals surface area contributed by atoms with Gasteiger partial charge in [-0.1, -0.05) is 5.16 Å². The van der Waals surface area contributed by atoms with Crippen LogP contribution in [0.3, 0.4) is 0 Å². The smallest absolute Gasteiger partial charge is 0.289 e. The number of carbonyl (C=O) groups excluding carboxylic acids is 1. The second-order valence-electron chi connectivity index (χ2n) is 3.69. The van der Waals surface area contributed by atoms with Crippen molar-refractivity contribution in [2.45, 2.75) is 13.5 Å². The molecule has 0 fully saturated rings. The van der Waals surface area contributed by atoms with Gasteiger partial charge in [0.1, 0.15) is 11.5 Å². The summed E-state index contributed by atoms with van der Waals surface area (Å²) in [4.78, 5) is 13.4. The van der Waals surface area contributed by atoms with Gasteiger partial charge in [-0.05, 0) is 30.7 Å². The maximum atomic E-state index is 11.9. The van der Waals surface area contributed by atoms with Gasteiger partial charge in [-0.3, -0.25) is 4.79 Å². The summed E-state index contributed by atoms with van der Waals surface area (Å²) in [5.74, 6) is 0.664. The Morgan fingerprint density at radius 2 is 2.29 bits per heavy atom. The minimum atomic E-state index is -0.252. The number of halogens is 1. The van der Waals surface area contributed by atoms with Gasteiger partial charge in [0.2, 0.25) is 0 Å². The Balaban J connectivity index is 2.05. The summed E-state index contributed by atoms with van der Waals surface area (Å²) >= 11 is 5.61. The lowest BCUT2D eigenvalue weighted by molar-refractivity contribution is 0.0750. The minimum Gasteiger partial charge on any atom is -0.440 e. The molecule has 90 valence electrons. The van der Waals surface area contributed by atoms with E-state index in [0.717, 1.165) is 0 Å². The normalized spacial score (nSPS) is 10.5. The van der Waals surface area contributed by atoms with Crippen molar-refractivity contribution in [3.05, 3.63) is 40.6 Å². The summed E-state index contributed by atoms with van der Waals surface area (Å²) < 4.78 is 9.96. The van der Waals surface area contributed by atoms with Crippen LogP contribution in [0.4, 0.5) is 0 Å². The Morgan fingerprint density at radius 3 is 2.82 bits per heavy atom. The Morgan fingerprint density at radius 1 is 1.53 bits per heavy atom. The van der Waals surface area contributed by atoms with Gasteiger partial charge in [-0.15, -0.1) is 0 Å². The lowest BCUT2D eigenvalue weighted by Gasteiger charge is -2.13. The van der Waals surface area contributed by atoms with E-state index in [0.29, 0.717) is 18.0 Å². The predicted octanol–water partition coefficient (Wildman–Crippen LogP) is 2.50. The summed E-state index contributed by atoms with van der Waals surface area (Å²) in [6.45, 7) is 2.15. The van der Waals surface area contributed by atoms with Crippen LogP contribution >= 0.6 is 11.6 Å². The Labute approximate surface area is 103 Å². The number of hydrogen-bond donors (Lipinski definition) is 0. The van der Waals surface area contributed by atoms with Crippen molar-refractivity contribution in [1.29, 1.82) is 0 Å². The van der Waals surface area contributed by atoms with Crippen molar-refractivity contribution in [3.8, 4) is 0 Å². The van der Waals surface area contributed by atoms with E-state index in [-0.39, 0.29) is 16.9 Å². The van der Waals surface area contributed by atoms with E-state index >= 15 is 0 Å². The predicted molar refractivity (Wildman–Crippen MR) is 60.8 cm³/mol. The fourth-order valence-corrected chi connectivity index (χ4v) is 1.57. The molecule has 0 atom stereocenters. The summed E-state index contributed by atoms with van der Waals surface area (Å²) in [5, 5.41) is 4.01. The van der Waals surface area contributed by atoms with Gasteiger partial charge in [0.15, 0.2) is 11.0 Å². The third-order valence-electron chi connectivity index (χ3n) is 2.21. The summed E-state index contributed by atoms with van der Waals surface area (Å²) in [5.41, 5.74) is 0.691. The molecule has 5 nitrogen and oxygen atoms in total. The summed E-state index contributed by atoms with van der Waals surface area (Å²) in [6.07, 6.45) is 0. The second kappa shape index (κ2) is 4.63. The van der Waals surface area contributed by atoms with E-state index in [1.165, 1.54) is 17.0 Å². The number of nitrogens with zero attached hydrogens (tertiary/aromatic N) is 2. The molecule has 6 heteroatoms. The zero-order valence-electron chi connectivity index (χ0n) is 9.44. The average Bonchev–Trinajstić information content (AvgIpc) is 2.87. The lowest BCUT2D eigenvalue weighted by Crippen LogP contribution is -2.25. The van der Waals surface area contributed by atoms with Crippen molar-refractivity contribution >= 4 is 17.5 Å². The van der Waals surface area contributed by atoms with Crippen LogP contribution in [-0.2, 0) is 6.54 Å². The number of amides is 1. The molecule has 17 heavy (non-hydrogen) atoms. The highest BCUT2D eigenvalue weighted by molar-refractivity contribution is 6.29. The topological polar surface area (TPSA) is 59.5 Å². The molecule has 0 aliphatic heterocycles. The number of aromatic nitrogens is 1. The molecule has 0 unspecified atom stereocenters. The first-order valence-corrected chi connectivity index (χ1v) is 5.37. The molecule has 2 heterocycles. The molecule has 0 bridgehead atoms. The van der Waals surface area contributed by atoms with E-state index in [1.54, 1.807) is 20.0 Å². The summed E-state index contributed by atoms with van der Waals surface area (Å²) in [6, 6.07) is 4.84. The Hall–Kier alpha value is -1.75. The monoisotopic (exact) mass is 254 g/mol. The molecule has 2 aromatic heterocycles. The van der Waals surface area contributed by atoms with Crippen molar-refractivity contribution in [1.82, 2.24) is 10.1 Å². The van der Waals surface area contributed by atoms with E-state index in [4.69, 9.17) is 20.5 Å². The Kier molecular flexibility index (Phi) is 3.19. The van der Waals surface area contributed by atoms with Crippen LogP contribution < -0.4 is 0 Å². The highest BCUT2D eigenvalue weighted by atomic mass is 35.5. The molecular formula is C11H11ClN2O3. The molecule has 2 rings (SSSR count). The highest BCUT2D eigenvalue weighted by Gasteiger charge is 2.17. The van der Waals surface area contributed by atoms with Crippen LogP contribution in [0.2, 0.25) is 5.22 Å². The molecular weight excluding hydrogens is 244 g/mol. The maximum Gasteiger partial charge on any atom is 0.289 e. The molecule has 0 aliphatic carbocycles. The van der Waals surface area contributed by atoms with Crippen LogP contribution in [0, 0.1) is 6.92 Å². The van der Waals surface area contributed by atoms with Gasteiger partial charge in [0, 0.05) is 13.1 Å². The van der Waals surface area contributed by atoms with Gasteiger partial charge in [0.25, 0.3) is 5.91 Å². The van der Waals surface area contributed by atoms with E-state index in [9.17, 15) is 4.79 Å². The van der Waals surface area contributed by atoms with Crippen LogP contribution in [0.5, 0.6) is 0 Å². The molecule has 1 amide bonds. The standard InChI is InChI=1S/C11H11ClN2O3/c1-7-5-8(13-17-7)6-14(2)11(15)9-3-4-10(12)16-9/h3-5H,6H2,1-2H3. The quantitative estimate of drug-likeness (QED) is 0.844. The van der Waals surface area contributed by atoms with Crippen LogP contribution in [-0.4, -0.2) is 23.0 Å². The SMILES string of the molecule is Cc1cc(CN(C)C(=O)c2ccc(Cl)o2)no1. The first-order valence-electron chi connectivity index (χ1n) is 4.99. The summed E-state index contributed by atoms with van der Waals surface area (Å²) in [7, 11) is 1.66. The van der Waals surface area contributed by atoms with E-state index in [2.05, 4.69) is 5.16 Å². The molecule has 0 saturated carbocycles. The van der Waals surface area contributed by atoms with Gasteiger partial charge in [-0.25, -0.2) is 0 Å². The molecule has 2 aromatic rings. The molecule has 0 aliphatic rings. The first kappa shape index (κ1) is 11.7. The fourth-order valence-electron chi connectivity index (χ4n) is 1.42. The third kappa shape index (κ3) is 2.68. The minimum absolute atomic E-state index is 0.194. The highest BCUT2D eigenvalue weighted by Crippen LogP contribution is 2.15.